The fourth-order valence-electron chi connectivity index (χ4n) is 3.79. The Bertz CT molecular complexity index is 601. The average Bonchev–Trinajstić information content (AvgIpc) is 3.06. The van der Waals surface area contributed by atoms with Gasteiger partial charge in [-0.05, 0) is 59.0 Å². The molecule has 2 fully saturated rings. The molecular formula is C20H28O4. The molecule has 0 aromatic rings. The second kappa shape index (κ2) is 6.16. The lowest BCUT2D eigenvalue weighted by molar-refractivity contribution is -0.137. The maximum absolute atomic E-state index is 11.9. The summed E-state index contributed by atoms with van der Waals surface area (Å²) in [5.41, 5.74) is 0.742. The molecule has 0 amide bonds. The van der Waals surface area contributed by atoms with Gasteiger partial charge in [-0.25, -0.2) is 4.79 Å². The normalized spacial score (nSPS) is 46.8. The molecule has 24 heavy (non-hydrogen) atoms. The molecule has 5 atom stereocenters. The van der Waals surface area contributed by atoms with E-state index >= 15 is 0 Å². The molecular weight excluding hydrogens is 304 g/mol. The van der Waals surface area contributed by atoms with Gasteiger partial charge in [0.05, 0.1) is 17.3 Å². The Labute approximate surface area is 144 Å². The van der Waals surface area contributed by atoms with Gasteiger partial charge in [-0.2, -0.15) is 0 Å². The van der Waals surface area contributed by atoms with E-state index in [0.29, 0.717) is 12.0 Å². The van der Waals surface area contributed by atoms with Crippen LogP contribution in [0, 0.1) is 5.92 Å². The molecule has 0 aromatic heterocycles. The Morgan fingerprint density at radius 1 is 1.29 bits per heavy atom. The molecule has 3 rings (SSSR count). The van der Waals surface area contributed by atoms with Crippen molar-refractivity contribution < 1.29 is 19.4 Å². The second-order valence-corrected chi connectivity index (χ2v) is 7.97. The molecule has 1 aliphatic carbocycles. The molecule has 0 unspecified atom stereocenters. The van der Waals surface area contributed by atoms with Crippen LogP contribution in [0.15, 0.2) is 36.0 Å². The number of ether oxygens (including phenoxy) is 2. The smallest absolute Gasteiger partial charge is 0.334 e. The van der Waals surface area contributed by atoms with Crippen molar-refractivity contribution in [2.24, 2.45) is 5.92 Å². The summed E-state index contributed by atoms with van der Waals surface area (Å²) < 4.78 is 11.4. The van der Waals surface area contributed by atoms with Crippen molar-refractivity contribution in [3.05, 3.63) is 36.0 Å². The van der Waals surface area contributed by atoms with E-state index in [1.165, 1.54) is 0 Å². The quantitative estimate of drug-likeness (QED) is 0.319. The largest absolute Gasteiger partial charge is 0.454 e. The predicted molar refractivity (Wildman–Crippen MR) is 92.4 cm³/mol. The van der Waals surface area contributed by atoms with E-state index in [2.05, 4.69) is 13.5 Å². The molecule has 2 aliphatic heterocycles. The van der Waals surface area contributed by atoms with Gasteiger partial charge < -0.3 is 14.6 Å². The summed E-state index contributed by atoms with van der Waals surface area (Å²) in [6.45, 7) is 9.92. The molecule has 0 radical (unpaired) electrons. The van der Waals surface area contributed by atoms with Crippen LogP contribution < -0.4 is 0 Å². The summed E-state index contributed by atoms with van der Waals surface area (Å²) in [5, 5.41) is 10.5. The molecule has 0 spiro atoms. The van der Waals surface area contributed by atoms with Gasteiger partial charge in [0.1, 0.15) is 6.10 Å². The number of fused-ring (bicyclic) bond motifs is 2. The molecule has 132 valence electrons. The van der Waals surface area contributed by atoms with Crippen molar-refractivity contribution in [3.63, 3.8) is 0 Å². The third-order valence-corrected chi connectivity index (χ3v) is 5.61. The minimum atomic E-state index is -0.812. The van der Waals surface area contributed by atoms with E-state index in [9.17, 15) is 9.90 Å². The molecule has 0 aromatic carbocycles. The highest BCUT2D eigenvalue weighted by Gasteiger charge is 2.52. The van der Waals surface area contributed by atoms with E-state index in [-0.39, 0.29) is 29.7 Å². The minimum absolute atomic E-state index is 0.0316. The standard InChI is InChI=1S/C20H28O4/c1-13-6-5-9-19(3,22)10-8-17-20(4,24-17)11-7-15-14(2)18(21)23-16(15)12-13/h5,9,12,15-17,22H,2,6-8,10-11H2,1,3-4H3/b9-5+,13-12+/t15-,16+,17-,19-,20-/m0/s1. The Hall–Kier alpha value is -1.39. The van der Waals surface area contributed by atoms with Crippen LogP contribution in [0.1, 0.15) is 52.9 Å². The van der Waals surface area contributed by atoms with Crippen LogP contribution in [-0.2, 0) is 14.3 Å². The summed E-state index contributed by atoms with van der Waals surface area (Å²) in [7, 11) is 0. The lowest BCUT2D eigenvalue weighted by Gasteiger charge is -2.20. The Kier molecular flexibility index (Phi) is 4.47. The average molecular weight is 332 g/mol. The third-order valence-electron chi connectivity index (χ3n) is 5.61. The zero-order valence-electron chi connectivity index (χ0n) is 14.9. The van der Waals surface area contributed by atoms with Gasteiger partial charge in [0.25, 0.3) is 0 Å². The van der Waals surface area contributed by atoms with Crippen LogP contribution in [0.4, 0.5) is 0 Å². The lowest BCUT2D eigenvalue weighted by atomic mass is 9.85. The number of allylic oxidation sites excluding steroid dienone is 2. The fraction of sp³-hybridized carbons (Fsp3) is 0.650. The van der Waals surface area contributed by atoms with Crippen molar-refractivity contribution in [2.75, 3.05) is 0 Å². The SMILES string of the molecule is C=C1C(=O)O[C@@H]2/C=C(\C)C/C=C/[C@](C)(O)CC[C@@H]3O[C@@]3(C)CC[C@@H]12. The maximum atomic E-state index is 11.9. The molecule has 0 bridgehead atoms. The summed E-state index contributed by atoms with van der Waals surface area (Å²) in [5.74, 6) is -0.251. The van der Waals surface area contributed by atoms with Crippen LogP contribution >= 0.6 is 0 Å². The highest BCUT2D eigenvalue weighted by Crippen LogP contribution is 2.46. The Morgan fingerprint density at radius 3 is 2.79 bits per heavy atom. The van der Waals surface area contributed by atoms with E-state index in [0.717, 1.165) is 31.3 Å². The Morgan fingerprint density at radius 2 is 2.04 bits per heavy atom. The van der Waals surface area contributed by atoms with Crippen molar-refractivity contribution >= 4 is 5.97 Å². The van der Waals surface area contributed by atoms with Gasteiger partial charge >= 0.3 is 5.97 Å². The monoisotopic (exact) mass is 332 g/mol. The van der Waals surface area contributed by atoms with Gasteiger partial charge in [0.2, 0.25) is 0 Å². The lowest BCUT2D eigenvalue weighted by Crippen LogP contribution is -2.23. The maximum Gasteiger partial charge on any atom is 0.334 e. The first-order valence-corrected chi connectivity index (χ1v) is 8.85. The van der Waals surface area contributed by atoms with Crippen molar-refractivity contribution in [1.82, 2.24) is 0 Å². The highest BCUT2D eigenvalue weighted by atomic mass is 16.6. The summed E-state index contributed by atoms with van der Waals surface area (Å²) in [6, 6.07) is 0. The van der Waals surface area contributed by atoms with Crippen molar-refractivity contribution in [1.29, 1.82) is 0 Å². The molecule has 0 saturated carbocycles. The highest BCUT2D eigenvalue weighted by molar-refractivity contribution is 5.91. The molecule has 4 heteroatoms. The van der Waals surface area contributed by atoms with Crippen LogP contribution in [0.5, 0.6) is 0 Å². The van der Waals surface area contributed by atoms with Crippen LogP contribution in [0.3, 0.4) is 0 Å². The van der Waals surface area contributed by atoms with E-state index < -0.39 is 5.60 Å². The number of carbonyl (C=O) groups is 1. The zero-order chi connectivity index (χ0) is 17.5. The van der Waals surface area contributed by atoms with Crippen LogP contribution in [0.25, 0.3) is 0 Å². The zero-order valence-corrected chi connectivity index (χ0v) is 14.9. The number of epoxide rings is 1. The van der Waals surface area contributed by atoms with Crippen molar-refractivity contribution in [3.8, 4) is 0 Å². The molecule has 2 heterocycles. The van der Waals surface area contributed by atoms with Gasteiger partial charge in [0.15, 0.2) is 0 Å². The molecule has 3 aliphatic rings. The van der Waals surface area contributed by atoms with E-state index in [1.54, 1.807) is 0 Å². The van der Waals surface area contributed by atoms with E-state index in [1.807, 2.05) is 32.1 Å². The summed E-state index contributed by atoms with van der Waals surface area (Å²) in [4.78, 5) is 11.9. The van der Waals surface area contributed by atoms with Crippen molar-refractivity contribution in [2.45, 2.75) is 76.3 Å². The predicted octanol–water partition coefficient (Wildman–Crippen LogP) is 3.46. The summed E-state index contributed by atoms with van der Waals surface area (Å²) in [6.07, 6.45) is 9.81. The van der Waals surface area contributed by atoms with Gasteiger partial charge in [-0.3, -0.25) is 0 Å². The number of rotatable bonds is 0. The number of carbonyl (C=O) groups excluding carboxylic acids is 1. The summed E-state index contributed by atoms with van der Waals surface area (Å²) >= 11 is 0. The minimum Gasteiger partial charge on any atom is -0.454 e. The number of esters is 1. The van der Waals surface area contributed by atoms with Crippen LogP contribution in [-0.4, -0.2) is 34.5 Å². The molecule has 2 saturated heterocycles. The van der Waals surface area contributed by atoms with Gasteiger partial charge in [0, 0.05) is 11.5 Å². The topological polar surface area (TPSA) is 59.1 Å². The number of aliphatic hydroxyl groups is 1. The first-order valence-electron chi connectivity index (χ1n) is 8.85. The third kappa shape index (κ3) is 3.65. The first kappa shape index (κ1) is 17.4. The Balaban J connectivity index is 1.82. The van der Waals surface area contributed by atoms with Crippen LogP contribution in [0.2, 0.25) is 0 Å². The number of hydrogen-bond acceptors (Lipinski definition) is 4. The van der Waals surface area contributed by atoms with Gasteiger partial charge in [-0.15, -0.1) is 0 Å². The first-order chi connectivity index (χ1) is 11.2. The number of hydrogen-bond donors (Lipinski definition) is 1. The molecule has 4 nitrogen and oxygen atoms in total. The fourth-order valence-corrected chi connectivity index (χ4v) is 3.79. The second-order valence-electron chi connectivity index (χ2n) is 7.97. The van der Waals surface area contributed by atoms with E-state index in [4.69, 9.17) is 9.47 Å². The van der Waals surface area contributed by atoms with Gasteiger partial charge in [-0.1, -0.05) is 24.3 Å². The molecule has 1 N–H and O–H groups in total.